The maximum absolute atomic E-state index is 13.6. The number of carbonyl (C=O) groups is 1. The van der Waals surface area contributed by atoms with Crippen LogP contribution in [0.1, 0.15) is 48.5 Å². The van der Waals surface area contributed by atoms with Crippen LogP contribution in [0, 0.1) is 0 Å². The molecule has 1 aliphatic heterocycles. The second-order valence-electron chi connectivity index (χ2n) is 8.71. The quantitative estimate of drug-likeness (QED) is 0.406. The van der Waals surface area contributed by atoms with Crippen LogP contribution >= 0.6 is 0 Å². The predicted molar refractivity (Wildman–Crippen MR) is 132 cm³/mol. The van der Waals surface area contributed by atoms with Gasteiger partial charge in [0, 0.05) is 18.2 Å². The molecule has 1 fully saturated rings. The van der Waals surface area contributed by atoms with E-state index in [1.807, 2.05) is 54.6 Å². The van der Waals surface area contributed by atoms with Crippen molar-refractivity contribution in [1.82, 2.24) is 4.90 Å². The predicted octanol–water partition coefficient (Wildman–Crippen LogP) is 5.24. The number of hydrogen-bond acceptors (Lipinski definition) is 4. The minimum absolute atomic E-state index is 0.0160. The van der Waals surface area contributed by atoms with Crippen LogP contribution in [-0.4, -0.2) is 43.4 Å². The Hall–Kier alpha value is -2.86. The van der Waals surface area contributed by atoms with E-state index in [1.165, 1.54) is 0 Å². The van der Waals surface area contributed by atoms with Crippen molar-refractivity contribution < 1.29 is 17.9 Å². The van der Waals surface area contributed by atoms with E-state index < -0.39 is 9.84 Å². The molecule has 3 aromatic carbocycles. The summed E-state index contributed by atoms with van der Waals surface area (Å²) in [6.07, 6.45) is 3.74. The maximum atomic E-state index is 13.6. The van der Waals surface area contributed by atoms with Gasteiger partial charge in [0.1, 0.15) is 5.75 Å². The molecular formula is C27H31NO4S. The van der Waals surface area contributed by atoms with Crippen LogP contribution in [0.4, 0.5) is 0 Å². The number of rotatable bonds is 9. The zero-order valence-corrected chi connectivity index (χ0v) is 19.9. The second-order valence-corrected chi connectivity index (χ2v) is 10.9. The standard InChI is InChI=1S/C27H31NO4S/c1-2-3-6-17-32-25-14-12-22(13-15-25)27(29)28(24-16-18-33(30,31)20-24)19-23-10-7-9-21-8-4-5-11-26(21)23/h4-5,7-15,24H,2-3,6,16-20H2,1H3/t24-/m0/s1. The molecule has 3 aromatic rings. The summed E-state index contributed by atoms with van der Waals surface area (Å²) in [6, 6.07) is 21.0. The normalized spacial score (nSPS) is 17.2. The van der Waals surface area contributed by atoms with Gasteiger partial charge in [0.15, 0.2) is 9.84 Å². The molecule has 0 radical (unpaired) electrons. The third kappa shape index (κ3) is 5.74. The fourth-order valence-electron chi connectivity index (χ4n) is 4.40. The van der Waals surface area contributed by atoms with Crippen LogP contribution in [0.2, 0.25) is 0 Å². The van der Waals surface area contributed by atoms with E-state index in [1.54, 1.807) is 17.0 Å². The van der Waals surface area contributed by atoms with Crippen LogP contribution in [0.5, 0.6) is 5.75 Å². The topological polar surface area (TPSA) is 63.7 Å². The lowest BCUT2D eigenvalue weighted by atomic mass is 10.0. The summed E-state index contributed by atoms with van der Waals surface area (Å²) >= 11 is 0. The molecule has 1 amide bonds. The molecule has 0 aromatic heterocycles. The highest BCUT2D eigenvalue weighted by Gasteiger charge is 2.35. The van der Waals surface area contributed by atoms with E-state index in [9.17, 15) is 13.2 Å². The van der Waals surface area contributed by atoms with Gasteiger partial charge in [0.2, 0.25) is 0 Å². The lowest BCUT2D eigenvalue weighted by Gasteiger charge is -2.29. The van der Waals surface area contributed by atoms with Crippen molar-refractivity contribution >= 4 is 26.5 Å². The molecule has 33 heavy (non-hydrogen) atoms. The fourth-order valence-corrected chi connectivity index (χ4v) is 6.13. The van der Waals surface area contributed by atoms with E-state index in [0.29, 0.717) is 25.1 Å². The van der Waals surface area contributed by atoms with Gasteiger partial charge in [-0.1, -0.05) is 62.2 Å². The molecule has 1 atom stereocenters. The summed E-state index contributed by atoms with van der Waals surface area (Å²) in [5.74, 6) is 0.734. The average molecular weight is 466 g/mol. The van der Waals surface area contributed by atoms with E-state index in [-0.39, 0.29) is 23.5 Å². The van der Waals surface area contributed by atoms with Gasteiger partial charge in [-0.15, -0.1) is 0 Å². The Morgan fingerprint density at radius 3 is 2.48 bits per heavy atom. The maximum Gasteiger partial charge on any atom is 0.254 e. The molecule has 4 rings (SSSR count). The molecule has 0 unspecified atom stereocenters. The van der Waals surface area contributed by atoms with Crippen molar-refractivity contribution in [3.05, 3.63) is 77.9 Å². The highest BCUT2D eigenvalue weighted by Crippen LogP contribution is 2.26. The first kappa shape index (κ1) is 23.3. The molecule has 0 bridgehead atoms. The Labute approximate surface area is 196 Å². The van der Waals surface area contributed by atoms with Gasteiger partial charge in [0.05, 0.1) is 18.1 Å². The fraction of sp³-hybridized carbons (Fsp3) is 0.370. The third-order valence-electron chi connectivity index (χ3n) is 6.25. The first-order valence-corrected chi connectivity index (χ1v) is 13.5. The Morgan fingerprint density at radius 1 is 1.00 bits per heavy atom. The van der Waals surface area contributed by atoms with Crippen LogP contribution in [0.3, 0.4) is 0 Å². The van der Waals surface area contributed by atoms with Crippen molar-refractivity contribution in [2.45, 2.75) is 45.2 Å². The van der Waals surface area contributed by atoms with Gasteiger partial charge in [-0.3, -0.25) is 4.79 Å². The lowest BCUT2D eigenvalue weighted by Crippen LogP contribution is -2.40. The van der Waals surface area contributed by atoms with Gasteiger partial charge >= 0.3 is 0 Å². The molecule has 174 valence electrons. The van der Waals surface area contributed by atoms with E-state index in [0.717, 1.165) is 41.3 Å². The summed E-state index contributed by atoms with van der Waals surface area (Å²) < 4.78 is 30.2. The van der Waals surface area contributed by atoms with Gasteiger partial charge in [-0.25, -0.2) is 8.42 Å². The van der Waals surface area contributed by atoms with Gasteiger partial charge in [0.25, 0.3) is 5.91 Å². The number of ether oxygens (including phenoxy) is 1. The average Bonchev–Trinajstić information content (AvgIpc) is 3.19. The highest BCUT2D eigenvalue weighted by atomic mass is 32.2. The number of sulfone groups is 1. The number of unbranched alkanes of at least 4 members (excludes halogenated alkanes) is 2. The Kier molecular flexibility index (Phi) is 7.33. The van der Waals surface area contributed by atoms with Crippen LogP contribution in [-0.2, 0) is 16.4 Å². The monoisotopic (exact) mass is 465 g/mol. The molecule has 6 heteroatoms. The molecule has 0 N–H and O–H groups in total. The van der Waals surface area contributed by atoms with E-state index in [2.05, 4.69) is 6.92 Å². The van der Waals surface area contributed by atoms with E-state index in [4.69, 9.17) is 4.74 Å². The SMILES string of the molecule is CCCCCOc1ccc(C(=O)N(Cc2cccc3ccccc23)[C@H]2CCS(=O)(=O)C2)cc1. The largest absolute Gasteiger partial charge is 0.494 e. The minimum Gasteiger partial charge on any atom is -0.494 e. The second kappa shape index (κ2) is 10.4. The minimum atomic E-state index is -3.13. The van der Waals surface area contributed by atoms with Crippen LogP contribution in [0.15, 0.2) is 66.7 Å². The molecular weight excluding hydrogens is 434 g/mol. The summed E-state index contributed by atoms with van der Waals surface area (Å²) in [6.45, 7) is 3.18. The molecule has 1 aliphatic rings. The van der Waals surface area contributed by atoms with Gasteiger partial charge < -0.3 is 9.64 Å². The Morgan fingerprint density at radius 2 is 1.76 bits per heavy atom. The van der Waals surface area contributed by atoms with Crippen molar-refractivity contribution in [2.75, 3.05) is 18.1 Å². The lowest BCUT2D eigenvalue weighted by molar-refractivity contribution is 0.0682. The van der Waals surface area contributed by atoms with E-state index >= 15 is 0 Å². The van der Waals surface area contributed by atoms with Crippen molar-refractivity contribution in [1.29, 1.82) is 0 Å². The number of hydrogen-bond donors (Lipinski definition) is 0. The summed E-state index contributed by atoms with van der Waals surface area (Å²) in [5, 5.41) is 2.18. The molecule has 5 nitrogen and oxygen atoms in total. The summed E-state index contributed by atoms with van der Waals surface area (Å²) in [4.78, 5) is 15.3. The zero-order chi connectivity index (χ0) is 23.3. The summed E-state index contributed by atoms with van der Waals surface area (Å²) in [7, 11) is -3.13. The summed E-state index contributed by atoms with van der Waals surface area (Å²) in [5.41, 5.74) is 1.56. The molecule has 0 saturated carbocycles. The first-order valence-electron chi connectivity index (χ1n) is 11.7. The molecule has 0 spiro atoms. The molecule has 1 heterocycles. The van der Waals surface area contributed by atoms with Crippen LogP contribution < -0.4 is 4.74 Å². The smallest absolute Gasteiger partial charge is 0.254 e. The Balaban J connectivity index is 1.57. The zero-order valence-electron chi connectivity index (χ0n) is 19.1. The Bertz CT molecular complexity index is 1200. The first-order chi connectivity index (χ1) is 16.0. The third-order valence-corrected chi connectivity index (χ3v) is 8.00. The van der Waals surface area contributed by atoms with Gasteiger partial charge in [-0.2, -0.15) is 0 Å². The van der Waals surface area contributed by atoms with Gasteiger partial charge in [-0.05, 0) is 53.4 Å². The number of fused-ring (bicyclic) bond motifs is 1. The number of carbonyl (C=O) groups excluding carboxylic acids is 1. The van der Waals surface area contributed by atoms with Crippen molar-refractivity contribution in [3.63, 3.8) is 0 Å². The number of nitrogens with zero attached hydrogens (tertiary/aromatic N) is 1. The van der Waals surface area contributed by atoms with Crippen molar-refractivity contribution in [2.24, 2.45) is 0 Å². The number of amides is 1. The van der Waals surface area contributed by atoms with Crippen molar-refractivity contribution in [3.8, 4) is 5.75 Å². The molecule has 0 aliphatic carbocycles. The van der Waals surface area contributed by atoms with Crippen LogP contribution in [0.25, 0.3) is 10.8 Å². The highest BCUT2D eigenvalue weighted by molar-refractivity contribution is 7.91. The number of benzene rings is 3. The molecule has 1 saturated heterocycles.